The number of hydrogen-bond acceptors (Lipinski definition) is 3. The average molecular weight is 255 g/mol. The lowest BCUT2D eigenvalue weighted by molar-refractivity contribution is 0.248. The highest BCUT2D eigenvalue weighted by Gasteiger charge is 2.36. The molecule has 2 rings (SSSR count). The number of rotatable bonds is 4. The van der Waals surface area contributed by atoms with Crippen LogP contribution in [-0.2, 0) is 16.6 Å². The molecular formula is C12H17NO3S. The molecule has 17 heavy (non-hydrogen) atoms. The molecule has 0 amide bonds. The van der Waals surface area contributed by atoms with Crippen LogP contribution in [0.4, 0.5) is 0 Å². The second kappa shape index (κ2) is 4.40. The lowest BCUT2D eigenvalue weighted by Crippen LogP contribution is -2.50. The molecule has 0 heterocycles. The van der Waals surface area contributed by atoms with E-state index in [1.807, 2.05) is 6.92 Å². The topological polar surface area (TPSA) is 66.4 Å². The fourth-order valence-corrected chi connectivity index (χ4v) is 3.54. The first-order chi connectivity index (χ1) is 7.95. The Morgan fingerprint density at radius 1 is 1.41 bits per heavy atom. The zero-order valence-corrected chi connectivity index (χ0v) is 10.6. The lowest BCUT2D eigenvalue weighted by Gasteiger charge is -2.38. The van der Waals surface area contributed by atoms with Gasteiger partial charge in [0.15, 0.2) is 0 Å². The Bertz CT molecular complexity index is 506. The van der Waals surface area contributed by atoms with E-state index in [0.717, 1.165) is 19.3 Å². The molecular weight excluding hydrogens is 238 g/mol. The van der Waals surface area contributed by atoms with Gasteiger partial charge in [-0.1, -0.05) is 12.1 Å². The molecule has 1 fully saturated rings. The smallest absolute Gasteiger partial charge is 0.241 e. The van der Waals surface area contributed by atoms with E-state index in [4.69, 9.17) is 5.11 Å². The van der Waals surface area contributed by atoms with E-state index in [1.54, 1.807) is 18.2 Å². The molecule has 0 aliphatic heterocycles. The average Bonchev–Trinajstić information content (AvgIpc) is 2.26. The number of nitrogens with one attached hydrogen (secondary N) is 1. The number of aliphatic hydroxyl groups excluding tert-OH is 1. The molecule has 0 bridgehead atoms. The van der Waals surface area contributed by atoms with Crippen LogP contribution in [0.5, 0.6) is 0 Å². The summed E-state index contributed by atoms with van der Waals surface area (Å²) < 4.78 is 27.0. The van der Waals surface area contributed by atoms with Gasteiger partial charge in [-0.15, -0.1) is 0 Å². The van der Waals surface area contributed by atoms with Crippen LogP contribution in [0.15, 0.2) is 29.2 Å². The van der Waals surface area contributed by atoms with Crippen molar-refractivity contribution in [1.29, 1.82) is 0 Å². The molecule has 0 aromatic heterocycles. The third-order valence-electron chi connectivity index (χ3n) is 3.23. The van der Waals surface area contributed by atoms with Crippen LogP contribution in [0.3, 0.4) is 0 Å². The Morgan fingerprint density at radius 2 is 2.12 bits per heavy atom. The monoisotopic (exact) mass is 255 g/mol. The predicted octanol–water partition coefficient (Wildman–Crippen LogP) is 1.40. The number of hydrogen-bond donors (Lipinski definition) is 2. The highest BCUT2D eigenvalue weighted by Crippen LogP contribution is 2.32. The summed E-state index contributed by atoms with van der Waals surface area (Å²) in [5.41, 5.74) is 0.306. The van der Waals surface area contributed by atoms with Crippen molar-refractivity contribution in [1.82, 2.24) is 4.72 Å². The van der Waals surface area contributed by atoms with Gasteiger partial charge in [0.1, 0.15) is 0 Å². The summed E-state index contributed by atoms with van der Waals surface area (Å²) in [5, 5.41) is 9.00. The molecule has 1 aliphatic rings. The molecule has 0 unspecified atom stereocenters. The van der Waals surface area contributed by atoms with E-state index >= 15 is 0 Å². The van der Waals surface area contributed by atoms with Gasteiger partial charge in [-0.05, 0) is 43.9 Å². The minimum absolute atomic E-state index is 0.152. The Balaban J connectivity index is 2.24. The summed E-state index contributed by atoms with van der Waals surface area (Å²) >= 11 is 0. The SMILES string of the molecule is CC1(NS(=O)(=O)c2cccc(CO)c2)CCC1. The van der Waals surface area contributed by atoms with E-state index < -0.39 is 10.0 Å². The number of sulfonamides is 1. The minimum Gasteiger partial charge on any atom is -0.392 e. The van der Waals surface area contributed by atoms with E-state index in [0.29, 0.717) is 5.56 Å². The van der Waals surface area contributed by atoms with Gasteiger partial charge >= 0.3 is 0 Å². The van der Waals surface area contributed by atoms with Crippen LogP contribution >= 0.6 is 0 Å². The normalized spacial score (nSPS) is 18.7. The van der Waals surface area contributed by atoms with Gasteiger partial charge in [-0.3, -0.25) is 0 Å². The summed E-state index contributed by atoms with van der Waals surface area (Å²) in [5.74, 6) is 0. The van der Waals surface area contributed by atoms with Gasteiger partial charge in [-0.25, -0.2) is 13.1 Å². The lowest BCUT2D eigenvalue weighted by atomic mass is 9.80. The van der Waals surface area contributed by atoms with Crippen molar-refractivity contribution >= 4 is 10.0 Å². The zero-order valence-electron chi connectivity index (χ0n) is 9.81. The summed E-state index contributed by atoms with van der Waals surface area (Å²) in [7, 11) is -3.47. The molecule has 5 heteroatoms. The largest absolute Gasteiger partial charge is 0.392 e. The second-order valence-electron chi connectivity index (χ2n) is 4.83. The van der Waals surface area contributed by atoms with Crippen molar-refractivity contribution < 1.29 is 13.5 Å². The Morgan fingerprint density at radius 3 is 2.65 bits per heavy atom. The first-order valence-electron chi connectivity index (χ1n) is 5.69. The standard InChI is InChI=1S/C12H17NO3S/c1-12(6-3-7-12)13-17(15,16)11-5-2-4-10(8-11)9-14/h2,4-5,8,13-14H,3,6-7,9H2,1H3. The Kier molecular flexibility index (Phi) is 3.25. The molecule has 94 valence electrons. The van der Waals surface area contributed by atoms with Crippen molar-refractivity contribution in [2.75, 3.05) is 0 Å². The molecule has 0 atom stereocenters. The van der Waals surface area contributed by atoms with Crippen LogP contribution in [-0.4, -0.2) is 19.1 Å². The van der Waals surface area contributed by atoms with Crippen LogP contribution < -0.4 is 4.72 Å². The quantitative estimate of drug-likeness (QED) is 0.854. The van der Waals surface area contributed by atoms with E-state index in [2.05, 4.69) is 4.72 Å². The van der Waals surface area contributed by atoms with Gasteiger partial charge in [0.25, 0.3) is 0 Å². The molecule has 4 nitrogen and oxygen atoms in total. The third kappa shape index (κ3) is 2.68. The van der Waals surface area contributed by atoms with Crippen LogP contribution in [0.25, 0.3) is 0 Å². The minimum atomic E-state index is -3.47. The number of benzene rings is 1. The van der Waals surface area contributed by atoms with Gasteiger partial charge in [0.2, 0.25) is 10.0 Å². The van der Waals surface area contributed by atoms with Crippen molar-refractivity contribution in [3.8, 4) is 0 Å². The second-order valence-corrected chi connectivity index (χ2v) is 6.51. The third-order valence-corrected chi connectivity index (χ3v) is 4.87. The molecule has 0 radical (unpaired) electrons. The van der Waals surface area contributed by atoms with Crippen LogP contribution in [0.1, 0.15) is 31.7 Å². The fourth-order valence-electron chi connectivity index (χ4n) is 2.00. The van der Waals surface area contributed by atoms with Gasteiger partial charge in [0, 0.05) is 5.54 Å². The van der Waals surface area contributed by atoms with Crippen molar-refractivity contribution in [3.63, 3.8) is 0 Å². The number of aliphatic hydroxyl groups is 1. The summed E-state index contributed by atoms with van der Waals surface area (Å²) in [6.45, 7) is 1.77. The Hall–Kier alpha value is -0.910. The fraction of sp³-hybridized carbons (Fsp3) is 0.500. The maximum Gasteiger partial charge on any atom is 0.241 e. The van der Waals surface area contributed by atoms with Crippen molar-refractivity contribution in [2.45, 2.75) is 43.2 Å². The molecule has 1 aliphatic carbocycles. The first-order valence-corrected chi connectivity index (χ1v) is 7.17. The molecule has 1 aromatic rings. The molecule has 0 spiro atoms. The first kappa shape index (κ1) is 12.5. The van der Waals surface area contributed by atoms with E-state index in [9.17, 15) is 8.42 Å². The molecule has 1 saturated carbocycles. The van der Waals surface area contributed by atoms with Gasteiger partial charge in [0.05, 0.1) is 11.5 Å². The predicted molar refractivity (Wildman–Crippen MR) is 64.9 cm³/mol. The summed E-state index contributed by atoms with van der Waals surface area (Å²) in [4.78, 5) is 0.220. The maximum atomic E-state index is 12.1. The van der Waals surface area contributed by atoms with E-state index in [-0.39, 0.29) is 17.0 Å². The highest BCUT2D eigenvalue weighted by atomic mass is 32.2. The Labute approximate surface area is 102 Å². The van der Waals surface area contributed by atoms with Gasteiger partial charge in [-0.2, -0.15) is 0 Å². The van der Waals surface area contributed by atoms with Crippen molar-refractivity contribution in [3.05, 3.63) is 29.8 Å². The van der Waals surface area contributed by atoms with Crippen LogP contribution in [0.2, 0.25) is 0 Å². The highest BCUT2D eigenvalue weighted by molar-refractivity contribution is 7.89. The van der Waals surface area contributed by atoms with E-state index in [1.165, 1.54) is 6.07 Å². The van der Waals surface area contributed by atoms with Gasteiger partial charge < -0.3 is 5.11 Å². The van der Waals surface area contributed by atoms with Crippen LogP contribution in [0, 0.1) is 0 Å². The summed E-state index contributed by atoms with van der Waals surface area (Å²) in [6.07, 6.45) is 2.83. The zero-order chi connectivity index (χ0) is 12.5. The van der Waals surface area contributed by atoms with Crippen molar-refractivity contribution in [2.24, 2.45) is 0 Å². The maximum absolute atomic E-state index is 12.1. The molecule has 1 aromatic carbocycles. The summed E-state index contributed by atoms with van der Waals surface area (Å²) in [6, 6.07) is 6.39. The molecule has 0 saturated heterocycles. The molecule has 2 N–H and O–H groups in total.